The first-order chi connectivity index (χ1) is 7.00. The van der Waals surface area contributed by atoms with Gasteiger partial charge in [0.25, 0.3) is 0 Å². The van der Waals surface area contributed by atoms with Crippen molar-refractivity contribution in [3.8, 4) is 0 Å². The zero-order valence-corrected chi connectivity index (χ0v) is 8.53. The summed E-state index contributed by atoms with van der Waals surface area (Å²) in [5, 5.41) is 15.5. The summed E-state index contributed by atoms with van der Waals surface area (Å²) in [5.41, 5.74) is 5.45. The largest absolute Gasteiger partial charge is 0.473 e. The Kier molecular flexibility index (Phi) is 3.62. The number of carbonyl (C=O) groups is 2. The fourth-order valence-electron chi connectivity index (χ4n) is 0.857. The van der Waals surface area contributed by atoms with Gasteiger partial charge in [-0.25, -0.2) is 14.6 Å². The Morgan fingerprint density at radius 3 is 2.20 bits per heavy atom. The maximum absolute atomic E-state index is 9.10. The van der Waals surface area contributed by atoms with E-state index in [9.17, 15) is 0 Å². The van der Waals surface area contributed by atoms with Crippen LogP contribution in [0, 0.1) is 0 Å². The molecule has 0 radical (unpaired) electrons. The summed E-state index contributed by atoms with van der Waals surface area (Å²) in [5.74, 6) is -2.84. The van der Waals surface area contributed by atoms with Crippen molar-refractivity contribution in [3.63, 3.8) is 0 Å². The van der Waals surface area contributed by atoms with Crippen molar-refractivity contribution in [1.82, 2.24) is 4.98 Å². The minimum Gasteiger partial charge on any atom is -0.473 e. The summed E-state index contributed by atoms with van der Waals surface area (Å²) in [6.07, 6.45) is 4.57. The molecule has 0 unspecified atom stereocenters. The van der Waals surface area contributed by atoms with Crippen molar-refractivity contribution >= 4 is 28.4 Å². The lowest BCUT2D eigenvalue weighted by atomic mass is 10.4. The van der Waals surface area contributed by atoms with Gasteiger partial charge in [0, 0.05) is 11.1 Å². The van der Waals surface area contributed by atoms with Crippen molar-refractivity contribution in [1.29, 1.82) is 0 Å². The summed E-state index contributed by atoms with van der Waals surface area (Å²) >= 11 is 1.62. The molecule has 6 nitrogen and oxygen atoms in total. The molecule has 0 atom stereocenters. The predicted octanol–water partition coefficient (Wildman–Crippen LogP) is 0.758. The average molecular weight is 230 g/mol. The number of carboxylic acids is 2. The maximum atomic E-state index is 9.10. The number of hydrogen-bond donors (Lipinski definition) is 3. The van der Waals surface area contributed by atoms with Crippen LogP contribution in [0.2, 0.25) is 0 Å². The lowest BCUT2D eigenvalue weighted by Gasteiger charge is -1.81. The molecule has 7 heteroatoms. The van der Waals surface area contributed by atoms with Crippen LogP contribution in [0.3, 0.4) is 0 Å². The third kappa shape index (κ3) is 3.94. The summed E-state index contributed by atoms with van der Waals surface area (Å²) in [4.78, 5) is 23.5. The fraction of sp³-hybridized carbons (Fsp3) is 0.375. The fourth-order valence-corrected chi connectivity index (χ4v) is 1.71. The van der Waals surface area contributed by atoms with Gasteiger partial charge in [0.15, 0.2) is 5.13 Å². The van der Waals surface area contributed by atoms with Crippen LogP contribution in [-0.4, -0.2) is 27.1 Å². The first kappa shape index (κ1) is 11.4. The Balaban J connectivity index is 0.000000167. The molecule has 2 rings (SSSR count). The van der Waals surface area contributed by atoms with E-state index < -0.39 is 11.9 Å². The maximum Gasteiger partial charge on any atom is 0.414 e. The molecule has 1 fully saturated rings. The van der Waals surface area contributed by atoms with E-state index in [0.29, 0.717) is 5.13 Å². The molecule has 82 valence electrons. The van der Waals surface area contributed by atoms with E-state index >= 15 is 0 Å². The van der Waals surface area contributed by atoms with Crippen LogP contribution < -0.4 is 5.73 Å². The van der Waals surface area contributed by atoms with Crippen LogP contribution in [-0.2, 0) is 9.59 Å². The number of hydrogen-bond acceptors (Lipinski definition) is 5. The molecular weight excluding hydrogens is 220 g/mol. The Morgan fingerprint density at radius 1 is 1.40 bits per heavy atom. The van der Waals surface area contributed by atoms with Crippen LogP contribution in [0.5, 0.6) is 0 Å². The lowest BCUT2D eigenvalue weighted by molar-refractivity contribution is -0.159. The monoisotopic (exact) mass is 230 g/mol. The van der Waals surface area contributed by atoms with Gasteiger partial charge in [-0.3, -0.25) is 0 Å². The van der Waals surface area contributed by atoms with E-state index in [-0.39, 0.29) is 0 Å². The highest BCUT2D eigenvalue weighted by Crippen LogP contribution is 2.42. The first-order valence-electron chi connectivity index (χ1n) is 4.18. The molecule has 1 aliphatic carbocycles. The third-order valence-electron chi connectivity index (χ3n) is 1.70. The molecule has 1 aromatic heterocycles. The second kappa shape index (κ2) is 4.74. The number of nitrogen functional groups attached to an aromatic ring is 1. The predicted molar refractivity (Wildman–Crippen MR) is 53.8 cm³/mol. The molecule has 0 aromatic carbocycles. The Hall–Kier alpha value is -1.63. The summed E-state index contributed by atoms with van der Waals surface area (Å²) in [6.45, 7) is 0. The van der Waals surface area contributed by atoms with Gasteiger partial charge in [0.2, 0.25) is 0 Å². The zero-order valence-electron chi connectivity index (χ0n) is 7.71. The summed E-state index contributed by atoms with van der Waals surface area (Å²) in [7, 11) is 0. The Morgan fingerprint density at radius 2 is 1.93 bits per heavy atom. The SMILES string of the molecule is Nc1ncc(C2CC2)s1.O=C(O)C(=O)O. The van der Waals surface area contributed by atoms with Crippen LogP contribution >= 0.6 is 11.3 Å². The lowest BCUT2D eigenvalue weighted by Crippen LogP contribution is -2.09. The molecular formula is C8H10N2O4S. The van der Waals surface area contributed by atoms with E-state index in [4.69, 9.17) is 25.5 Å². The number of anilines is 1. The molecule has 4 N–H and O–H groups in total. The molecule has 15 heavy (non-hydrogen) atoms. The van der Waals surface area contributed by atoms with Gasteiger partial charge in [-0.2, -0.15) is 0 Å². The quantitative estimate of drug-likeness (QED) is 0.614. The molecule has 1 aromatic rings. The molecule has 1 saturated carbocycles. The number of nitrogens with two attached hydrogens (primary N) is 1. The normalized spacial score (nSPS) is 13.9. The summed E-state index contributed by atoms with van der Waals surface area (Å²) < 4.78 is 0. The second-order valence-corrected chi connectivity index (χ2v) is 4.08. The van der Waals surface area contributed by atoms with Gasteiger partial charge in [-0.1, -0.05) is 0 Å². The minimum atomic E-state index is -1.82. The molecule has 0 saturated heterocycles. The number of thiazole rings is 1. The number of aliphatic carboxylic acids is 2. The topological polar surface area (TPSA) is 114 Å². The molecule has 1 heterocycles. The van der Waals surface area contributed by atoms with Gasteiger partial charge in [0.05, 0.1) is 0 Å². The second-order valence-electron chi connectivity index (χ2n) is 2.99. The summed E-state index contributed by atoms with van der Waals surface area (Å²) in [6, 6.07) is 0. The van der Waals surface area contributed by atoms with Crippen LogP contribution in [0.15, 0.2) is 6.20 Å². The van der Waals surface area contributed by atoms with Crippen molar-refractivity contribution < 1.29 is 19.8 Å². The van der Waals surface area contributed by atoms with Crippen molar-refractivity contribution in [2.45, 2.75) is 18.8 Å². The van der Waals surface area contributed by atoms with E-state index in [1.807, 2.05) is 6.20 Å². The highest BCUT2D eigenvalue weighted by molar-refractivity contribution is 7.15. The number of nitrogens with zero attached hydrogens (tertiary/aromatic N) is 1. The van der Waals surface area contributed by atoms with Gasteiger partial charge >= 0.3 is 11.9 Å². The zero-order chi connectivity index (χ0) is 11.4. The first-order valence-corrected chi connectivity index (χ1v) is 4.99. The van der Waals surface area contributed by atoms with E-state index in [0.717, 1.165) is 5.92 Å². The van der Waals surface area contributed by atoms with E-state index in [1.165, 1.54) is 17.7 Å². The minimum absolute atomic E-state index is 0.705. The number of aromatic nitrogens is 1. The van der Waals surface area contributed by atoms with Gasteiger partial charge < -0.3 is 15.9 Å². The van der Waals surface area contributed by atoms with E-state index in [2.05, 4.69) is 4.98 Å². The highest BCUT2D eigenvalue weighted by atomic mass is 32.1. The van der Waals surface area contributed by atoms with Crippen molar-refractivity contribution in [2.75, 3.05) is 5.73 Å². The van der Waals surface area contributed by atoms with Gasteiger partial charge in [0.1, 0.15) is 0 Å². The van der Waals surface area contributed by atoms with E-state index in [1.54, 1.807) is 11.3 Å². The van der Waals surface area contributed by atoms with Crippen LogP contribution in [0.25, 0.3) is 0 Å². The Labute approximate surface area is 89.4 Å². The van der Waals surface area contributed by atoms with Crippen molar-refractivity contribution in [2.24, 2.45) is 0 Å². The molecule has 0 amide bonds. The van der Waals surface area contributed by atoms with Gasteiger partial charge in [-0.15, -0.1) is 11.3 Å². The molecule has 0 bridgehead atoms. The molecule has 1 aliphatic rings. The molecule has 0 aliphatic heterocycles. The average Bonchev–Trinajstić information content (AvgIpc) is 2.91. The number of carboxylic acid groups (broad SMARTS) is 2. The highest BCUT2D eigenvalue weighted by Gasteiger charge is 2.25. The Bertz CT molecular complexity index is 360. The van der Waals surface area contributed by atoms with Crippen LogP contribution in [0.1, 0.15) is 23.6 Å². The van der Waals surface area contributed by atoms with Crippen molar-refractivity contribution in [3.05, 3.63) is 11.1 Å². The third-order valence-corrected chi connectivity index (χ3v) is 2.69. The smallest absolute Gasteiger partial charge is 0.414 e. The van der Waals surface area contributed by atoms with Gasteiger partial charge in [-0.05, 0) is 18.8 Å². The number of rotatable bonds is 1. The molecule has 0 spiro atoms. The van der Waals surface area contributed by atoms with Crippen LogP contribution in [0.4, 0.5) is 5.13 Å². The standard InChI is InChI=1S/C6H8N2S.C2H2O4/c7-6-8-3-5(9-6)4-1-2-4;3-1(4)2(5)6/h3-4H,1-2H2,(H2,7,8);(H,3,4)(H,5,6).